The Balaban J connectivity index is 1.47. The number of hydrogen-bond donors (Lipinski definition) is 1. The summed E-state index contributed by atoms with van der Waals surface area (Å²) < 4.78 is 23.6. The van der Waals surface area contributed by atoms with Crippen molar-refractivity contribution in [2.24, 2.45) is 0 Å². The van der Waals surface area contributed by atoms with Crippen LogP contribution in [0.4, 0.5) is 4.39 Å². The van der Waals surface area contributed by atoms with Gasteiger partial charge in [-0.25, -0.2) is 9.18 Å². The third kappa shape index (κ3) is 6.46. The van der Waals surface area contributed by atoms with Crippen LogP contribution in [0.15, 0.2) is 78.9 Å². The van der Waals surface area contributed by atoms with E-state index in [4.69, 9.17) is 9.47 Å². The fraction of sp³-hybridized carbons (Fsp3) is 0.130. The van der Waals surface area contributed by atoms with Gasteiger partial charge in [-0.3, -0.25) is 4.79 Å². The standard InChI is InChI=1S/C23H20FNO4/c24-20-11-9-18(10-12-20)15-28-21-8-4-7-19(13-21)23(27)29-16-22(26)25-14-17-5-2-1-3-6-17/h1-13H,14-16H2,(H,25,26). The fourth-order valence-corrected chi connectivity index (χ4v) is 2.52. The summed E-state index contributed by atoms with van der Waals surface area (Å²) >= 11 is 0. The van der Waals surface area contributed by atoms with Gasteiger partial charge in [0.15, 0.2) is 6.61 Å². The molecule has 0 unspecified atom stereocenters. The minimum Gasteiger partial charge on any atom is -0.489 e. The number of carbonyl (C=O) groups is 2. The van der Waals surface area contributed by atoms with E-state index in [9.17, 15) is 14.0 Å². The smallest absolute Gasteiger partial charge is 0.338 e. The van der Waals surface area contributed by atoms with E-state index >= 15 is 0 Å². The number of nitrogens with one attached hydrogen (secondary N) is 1. The zero-order chi connectivity index (χ0) is 20.5. The van der Waals surface area contributed by atoms with Crippen molar-refractivity contribution in [1.82, 2.24) is 5.32 Å². The zero-order valence-electron chi connectivity index (χ0n) is 15.6. The van der Waals surface area contributed by atoms with Crippen molar-refractivity contribution in [2.75, 3.05) is 6.61 Å². The Morgan fingerprint density at radius 3 is 2.38 bits per heavy atom. The first-order valence-corrected chi connectivity index (χ1v) is 9.05. The molecule has 0 aliphatic carbocycles. The topological polar surface area (TPSA) is 64.6 Å². The zero-order valence-corrected chi connectivity index (χ0v) is 15.6. The van der Waals surface area contributed by atoms with Crippen LogP contribution in [0.2, 0.25) is 0 Å². The number of ether oxygens (including phenoxy) is 2. The molecule has 29 heavy (non-hydrogen) atoms. The molecular formula is C23H20FNO4. The Hall–Kier alpha value is -3.67. The Morgan fingerprint density at radius 2 is 1.62 bits per heavy atom. The molecule has 0 spiro atoms. The number of benzene rings is 3. The van der Waals surface area contributed by atoms with Crippen molar-refractivity contribution < 1.29 is 23.5 Å². The van der Waals surface area contributed by atoms with Gasteiger partial charge in [-0.2, -0.15) is 0 Å². The molecule has 0 aromatic heterocycles. The molecule has 1 N–H and O–H groups in total. The van der Waals surface area contributed by atoms with Crippen molar-refractivity contribution in [3.05, 3.63) is 101 Å². The van der Waals surface area contributed by atoms with Gasteiger partial charge in [0.05, 0.1) is 5.56 Å². The normalized spacial score (nSPS) is 10.2. The maximum atomic E-state index is 12.9. The van der Waals surface area contributed by atoms with E-state index < -0.39 is 5.97 Å². The highest BCUT2D eigenvalue weighted by Gasteiger charge is 2.11. The average Bonchev–Trinajstić information content (AvgIpc) is 2.76. The first-order valence-electron chi connectivity index (χ1n) is 9.05. The number of carbonyl (C=O) groups excluding carboxylic acids is 2. The molecule has 6 heteroatoms. The van der Waals surface area contributed by atoms with Crippen LogP contribution in [0.3, 0.4) is 0 Å². The Kier molecular flexibility index (Phi) is 6.95. The molecule has 0 fully saturated rings. The van der Waals surface area contributed by atoms with Gasteiger partial charge >= 0.3 is 5.97 Å². The van der Waals surface area contributed by atoms with Crippen LogP contribution in [0.5, 0.6) is 5.75 Å². The van der Waals surface area contributed by atoms with Crippen molar-refractivity contribution in [1.29, 1.82) is 0 Å². The lowest BCUT2D eigenvalue weighted by molar-refractivity contribution is -0.124. The van der Waals surface area contributed by atoms with E-state index in [1.807, 2.05) is 30.3 Å². The van der Waals surface area contributed by atoms with Crippen LogP contribution in [-0.4, -0.2) is 18.5 Å². The van der Waals surface area contributed by atoms with Crippen molar-refractivity contribution in [3.63, 3.8) is 0 Å². The summed E-state index contributed by atoms with van der Waals surface area (Å²) in [5.74, 6) is -0.846. The first kappa shape index (κ1) is 20.1. The van der Waals surface area contributed by atoms with Gasteiger partial charge in [0.2, 0.25) is 0 Å². The molecule has 0 saturated heterocycles. The summed E-state index contributed by atoms with van der Waals surface area (Å²) in [5, 5.41) is 2.69. The van der Waals surface area contributed by atoms with Crippen LogP contribution in [-0.2, 0) is 22.7 Å². The molecule has 0 atom stereocenters. The third-order valence-electron chi connectivity index (χ3n) is 4.06. The quantitative estimate of drug-likeness (QED) is 0.590. The highest BCUT2D eigenvalue weighted by Crippen LogP contribution is 2.16. The maximum absolute atomic E-state index is 12.9. The monoisotopic (exact) mass is 393 g/mol. The third-order valence-corrected chi connectivity index (χ3v) is 4.06. The second-order valence-corrected chi connectivity index (χ2v) is 6.28. The molecule has 0 saturated carbocycles. The molecule has 3 rings (SSSR count). The molecule has 148 valence electrons. The van der Waals surface area contributed by atoms with Crippen LogP contribution >= 0.6 is 0 Å². The van der Waals surface area contributed by atoms with E-state index in [1.54, 1.807) is 30.3 Å². The Morgan fingerprint density at radius 1 is 0.862 bits per heavy atom. The number of hydrogen-bond acceptors (Lipinski definition) is 4. The SMILES string of the molecule is O=C(COC(=O)c1cccc(OCc2ccc(F)cc2)c1)NCc1ccccc1. The van der Waals surface area contributed by atoms with Crippen molar-refractivity contribution >= 4 is 11.9 Å². The minimum absolute atomic E-state index is 0.237. The fourth-order valence-electron chi connectivity index (χ4n) is 2.52. The number of rotatable bonds is 8. The molecule has 5 nitrogen and oxygen atoms in total. The predicted molar refractivity (Wildman–Crippen MR) is 106 cm³/mol. The molecule has 0 aliphatic heterocycles. The second kappa shape index (κ2) is 10.0. The molecule has 3 aromatic rings. The van der Waals surface area contributed by atoms with E-state index in [0.29, 0.717) is 12.3 Å². The summed E-state index contributed by atoms with van der Waals surface area (Å²) in [5.41, 5.74) is 2.03. The summed E-state index contributed by atoms with van der Waals surface area (Å²) in [7, 11) is 0. The summed E-state index contributed by atoms with van der Waals surface area (Å²) in [4.78, 5) is 24.1. The molecule has 0 aliphatic rings. The highest BCUT2D eigenvalue weighted by atomic mass is 19.1. The highest BCUT2D eigenvalue weighted by molar-refractivity contribution is 5.91. The summed E-state index contributed by atoms with van der Waals surface area (Å²) in [6.07, 6.45) is 0. The first-order chi connectivity index (χ1) is 14.1. The van der Waals surface area contributed by atoms with Crippen molar-refractivity contribution in [3.8, 4) is 5.75 Å². The van der Waals surface area contributed by atoms with E-state index in [2.05, 4.69) is 5.32 Å². The number of esters is 1. The lowest BCUT2D eigenvalue weighted by Crippen LogP contribution is -2.28. The molecule has 3 aromatic carbocycles. The van der Waals surface area contributed by atoms with Gasteiger partial charge in [-0.1, -0.05) is 48.5 Å². The van der Waals surface area contributed by atoms with Crippen molar-refractivity contribution in [2.45, 2.75) is 13.2 Å². The molecular weight excluding hydrogens is 373 g/mol. The maximum Gasteiger partial charge on any atom is 0.338 e. The van der Waals surface area contributed by atoms with Crippen LogP contribution < -0.4 is 10.1 Å². The van der Waals surface area contributed by atoms with Gasteiger partial charge in [-0.15, -0.1) is 0 Å². The van der Waals surface area contributed by atoms with Crippen LogP contribution in [0.25, 0.3) is 0 Å². The van der Waals surface area contributed by atoms with Gasteiger partial charge in [-0.05, 0) is 41.5 Å². The molecule has 0 heterocycles. The lowest BCUT2D eigenvalue weighted by Gasteiger charge is -2.09. The summed E-state index contributed by atoms with van der Waals surface area (Å²) in [6.45, 7) is 0.233. The molecule has 0 bridgehead atoms. The van der Waals surface area contributed by atoms with Gasteiger partial charge in [0.25, 0.3) is 5.91 Å². The second-order valence-electron chi connectivity index (χ2n) is 6.28. The van der Waals surface area contributed by atoms with E-state index in [1.165, 1.54) is 18.2 Å². The summed E-state index contributed by atoms with van der Waals surface area (Å²) in [6, 6.07) is 21.9. The lowest BCUT2D eigenvalue weighted by atomic mass is 10.2. The van der Waals surface area contributed by atoms with Gasteiger partial charge in [0.1, 0.15) is 18.2 Å². The van der Waals surface area contributed by atoms with Gasteiger partial charge in [0, 0.05) is 6.54 Å². The average molecular weight is 393 g/mol. The number of halogens is 1. The Labute approximate surface area is 168 Å². The van der Waals surface area contributed by atoms with Gasteiger partial charge < -0.3 is 14.8 Å². The molecule has 1 amide bonds. The molecule has 0 radical (unpaired) electrons. The van der Waals surface area contributed by atoms with E-state index in [0.717, 1.165) is 11.1 Å². The van der Waals surface area contributed by atoms with Crippen LogP contribution in [0, 0.1) is 5.82 Å². The number of amides is 1. The Bertz CT molecular complexity index is 958. The van der Waals surface area contributed by atoms with E-state index in [-0.39, 0.29) is 30.5 Å². The minimum atomic E-state index is -0.618. The van der Waals surface area contributed by atoms with Crippen LogP contribution in [0.1, 0.15) is 21.5 Å². The largest absolute Gasteiger partial charge is 0.489 e. The predicted octanol–water partition coefficient (Wildman–Crippen LogP) is 3.88.